The van der Waals surface area contributed by atoms with Gasteiger partial charge >= 0.3 is 5.97 Å². The van der Waals surface area contributed by atoms with Gasteiger partial charge in [0.05, 0.1) is 12.5 Å². The van der Waals surface area contributed by atoms with Gasteiger partial charge in [0, 0.05) is 22.2 Å². The van der Waals surface area contributed by atoms with Crippen LogP contribution >= 0.6 is 23.4 Å². The van der Waals surface area contributed by atoms with Crippen molar-refractivity contribution in [1.29, 1.82) is 0 Å². The van der Waals surface area contributed by atoms with Crippen molar-refractivity contribution in [3.63, 3.8) is 0 Å². The Bertz CT molecular complexity index is 444. The topological polar surface area (TPSA) is 29.5 Å². The molecule has 0 bridgehead atoms. The lowest BCUT2D eigenvalue weighted by atomic mass is 9.97. The van der Waals surface area contributed by atoms with E-state index in [9.17, 15) is 4.79 Å². The molecule has 21 heavy (non-hydrogen) atoms. The standard InChI is InChI=1S/C16H22ClNO2S/c1-2-20-16(19)13-7-9-18(10-8-13)11-12-21-15-5-3-14(17)4-6-15/h3-6,13H,2,7-12H2,1H3. The van der Waals surface area contributed by atoms with Crippen LogP contribution in [0.25, 0.3) is 0 Å². The van der Waals surface area contributed by atoms with Gasteiger partial charge in [-0.2, -0.15) is 0 Å². The molecule has 0 aromatic heterocycles. The Morgan fingerprint density at radius 1 is 1.33 bits per heavy atom. The zero-order chi connectivity index (χ0) is 15.1. The van der Waals surface area contributed by atoms with Gasteiger partial charge in [0.1, 0.15) is 0 Å². The quantitative estimate of drug-likeness (QED) is 0.588. The predicted octanol–water partition coefficient (Wildman–Crippen LogP) is 3.71. The highest BCUT2D eigenvalue weighted by Crippen LogP contribution is 2.22. The molecule has 1 aliphatic rings. The number of benzene rings is 1. The van der Waals surface area contributed by atoms with Crippen molar-refractivity contribution in [3.8, 4) is 0 Å². The van der Waals surface area contributed by atoms with Crippen LogP contribution in [0.15, 0.2) is 29.2 Å². The highest BCUT2D eigenvalue weighted by molar-refractivity contribution is 7.99. The minimum Gasteiger partial charge on any atom is -0.466 e. The molecule has 0 amide bonds. The summed E-state index contributed by atoms with van der Waals surface area (Å²) in [5, 5.41) is 0.778. The van der Waals surface area contributed by atoms with E-state index in [4.69, 9.17) is 16.3 Å². The molecule has 1 aliphatic heterocycles. The highest BCUT2D eigenvalue weighted by atomic mass is 35.5. The third kappa shape index (κ3) is 5.53. The van der Waals surface area contributed by atoms with E-state index in [0.29, 0.717) is 6.61 Å². The van der Waals surface area contributed by atoms with Crippen LogP contribution in [-0.2, 0) is 9.53 Å². The molecular weight excluding hydrogens is 306 g/mol. The largest absolute Gasteiger partial charge is 0.466 e. The molecule has 5 heteroatoms. The molecule has 0 spiro atoms. The van der Waals surface area contributed by atoms with Gasteiger partial charge in [-0.15, -0.1) is 11.8 Å². The fourth-order valence-electron chi connectivity index (χ4n) is 2.48. The molecule has 116 valence electrons. The van der Waals surface area contributed by atoms with Crippen molar-refractivity contribution < 1.29 is 9.53 Å². The van der Waals surface area contributed by atoms with E-state index in [1.54, 1.807) is 0 Å². The molecule has 0 N–H and O–H groups in total. The van der Waals surface area contributed by atoms with Gasteiger partial charge in [0.25, 0.3) is 0 Å². The van der Waals surface area contributed by atoms with Gasteiger partial charge in [0.15, 0.2) is 0 Å². The smallest absolute Gasteiger partial charge is 0.309 e. The van der Waals surface area contributed by atoms with Crippen molar-refractivity contribution in [2.24, 2.45) is 5.92 Å². The Labute approximate surface area is 136 Å². The first-order chi connectivity index (χ1) is 10.2. The Morgan fingerprint density at radius 2 is 2.00 bits per heavy atom. The second kappa shape index (κ2) is 8.66. The number of nitrogens with zero attached hydrogens (tertiary/aromatic N) is 1. The van der Waals surface area contributed by atoms with E-state index in [-0.39, 0.29) is 11.9 Å². The van der Waals surface area contributed by atoms with Crippen LogP contribution in [0.1, 0.15) is 19.8 Å². The van der Waals surface area contributed by atoms with Crippen molar-refractivity contribution in [2.75, 3.05) is 32.0 Å². The van der Waals surface area contributed by atoms with E-state index in [2.05, 4.69) is 17.0 Å². The first-order valence-corrected chi connectivity index (χ1v) is 8.82. The number of carbonyl (C=O) groups excluding carboxylic acids is 1. The lowest BCUT2D eigenvalue weighted by molar-refractivity contribution is -0.149. The summed E-state index contributed by atoms with van der Waals surface area (Å²) >= 11 is 7.72. The second-order valence-corrected chi connectivity index (χ2v) is 6.78. The summed E-state index contributed by atoms with van der Waals surface area (Å²) in [4.78, 5) is 15.4. The predicted molar refractivity (Wildman–Crippen MR) is 88.0 cm³/mol. The van der Waals surface area contributed by atoms with Gasteiger partial charge in [-0.1, -0.05) is 11.6 Å². The van der Waals surface area contributed by atoms with Gasteiger partial charge in [-0.25, -0.2) is 0 Å². The Balaban J connectivity index is 1.65. The first-order valence-electron chi connectivity index (χ1n) is 7.46. The molecule has 2 rings (SSSR count). The number of hydrogen-bond acceptors (Lipinski definition) is 4. The highest BCUT2D eigenvalue weighted by Gasteiger charge is 2.25. The minimum absolute atomic E-state index is 0.0207. The number of thioether (sulfide) groups is 1. The summed E-state index contributed by atoms with van der Waals surface area (Å²) in [6.07, 6.45) is 1.84. The molecule has 1 saturated heterocycles. The molecule has 3 nitrogen and oxygen atoms in total. The molecule has 0 unspecified atom stereocenters. The summed E-state index contributed by atoms with van der Waals surface area (Å²) < 4.78 is 5.09. The number of ether oxygens (including phenoxy) is 1. The SMILES string of the molecule is CCOC(=O)C1CCN(CCSc2ccc(Cl)cc2)CC1. The number of esters is 1. The Kier molecular flexibility index (Phi) is 6.87. The van der Waals surface area contributed by atoms with E-state index in [0.717, 1.165) is 43.3 Å². The Morgan fingerprint density at radius 3 is 2.62 bits per heavy atom. The molecule has 1 fully saturated rings. The lowest BCUT2D eigenvalue weighted by Crippen LogP contribution is -2.38. The van der Waals surface area contributed by atoms with Crippen LogP contribution in [-0.4, -0.2) is 42.9 Å². The van der Waals surface area contributed by atoms with Crippen molar-refractivity contribution in [2.45, 2.75) is 24.7 Å². The molecule has 0 aliphatic carbocycles. The summed E-state index contributed by atoms with van der Waals surface area (Å²) in [5.41, 5.74) is 0. The molecular formula is C16H22ClNO2S. The zero-order valence-electron chi connectivity index (χ0n) is 12.4. The fraction of sp³-hybridized carbons (Fsp3) is 0.562. The monoisotopic (exact) mass is 327 g/mol. The van der Waals surface area contributed by atoms with E-state index in [1.165, 1.54) is 4.90 Å². The maximum Gasteiger partial charge on any atom is 0.309 e. The summed E-state index contributed by atoms with van der Waals surface area (Å²) in [6.45, 7) is 5.38. The number of piperidine rings is 1. The molecule has 0 atom stereocenters. The van der Waals surface area contributed by atoms with Crippen molar-refractivity contribution in [1.82, 2.24) is 4.90 Å². The first kappa shape index (κ1) is 16.7. The number of rotatable bonds is 6. The lowest BCUT2D eigenvalue weighted by Gasteiger charge is -2.30. The number of hydrogen-bond donors (Lipinski definition) is 0. The second-order valence-electron chi connectivity index (χ2n) is 5.17. The maximum atomic E-state index is 11.7. The third-order valence-electron chi connectivity index (χ3n) is 3.70. The van der Waals surface area contributed by atoms with E-state index in [1.807, 2.05) is 30.8 Å². The summed E-state index contributed by atoms with van der Waals surface area (Å²) in [7, 11) is 0. The fourth-order valence-corrected chi connectivity index (χ4v) is 3.52. The van der Waals surface area contributed by atoms with Crippen LogP contribution in [0, 0.1) is 5.92 Å². The van der Waals surface area contributed by atoms with Gasteiger partial charge in [-0.3, -0.25) is 4.79 Å². The van der Waals surface area contributed by atoms with Crippen LogP contribution in [0.5, 0.6) is 0 Å². The van der Waals surface area contributed by atoms with Crippen LogP contribution < -0.4 is 0 Å². The maximum absolute atomic E-state index is 11.7. The average Bonchev–Trinajstić information content (AvgIpc) is 2.50. The van der Waals surface area contributed by atoms with Gasteiger partial charge < -0.3 is 9.64 Å². The van der Waals surface area contributed by atoms with E-state index < -0.39 is 0 Å². The average molecular weight is 328 g/mol. The number of halogens is 1. The number of likely N-dealkylation sites (tertiary alicyclic amines) is 1. The molecule has 1 aromatic carbocycles. The summed E-state index contributed by atoms with van der Waals surface area (Å²) in [6, 6.07) is 7.96. The molecule has 1 heterocycles. The van der Waals surface area contributed by atoms with Crippen LogP contribution in [0.4, 0.5) is 0 Å². The van der Waals surface area contributed by atoms with Crippen LogP contribution in [0.3, 0.4) is 0 Å². The number of carbonyl (C=O) groups is 1. The van der Waals surface area contributed by atoms with Gasteiger partial charge in [0.2, 0.25) is 0 Å². The van der Waals surface area contributed by atoms with Crippen LogP contribution in [0.2, 0.25) is 5.02 Å². The molecule has 0 radical (unpaired) electrons. The molecule has 0 saturated carbocycles. The normalized spacial score (nSPS) is 16.9. The van der Waals surface area contributed by atoms with E-state index >= 15 is 0 Å². The third-order valence-corrected chi connectivity index (χ3v) is 4.94. The zero-order valence-corrected chi connectivity index (χ0v) is 14.0. The van der Waals surface area contributed by atoms with Crippen molar-refractivity contribution >= 4 is 29.3 Å². The Hall–Kier alpha value is -0.710. The molecule has 1 aromatic rings. The summed E-state index contributed by atoms with van der Waals surface area (Å²) in [5.74, 6) is 1.14. The minimum atomic E-state index is -0.0207. The van der Waals surface area contributed by atoms with Gasteiger partial charge in [-0.05, 0) is 57.1 Å². The van der Waals surface area contributed by atoms with Crippen molar-refractivity contribution in [3.05, 3.63) is 29.3 Å².